The van der Waals surface area contributed by atoms with Crippen LogP contribution in [0.3, 0.4) is 0 Å². The number of unbranched alkanes of at least 4 members (excludes halogenated alkanes) is 11. The average Bonchev–Trinajstić information content (AvgIpc) is 2.66. The third-order valence-electron chi connectivity index (χ3n) is 6.16. The summed E-state index contributed by atoms with van der Waals surface area (Å²) in [6, 6.07) is 0. The summed E-state index contributed by atoms with van der Waals surface area (Å²) in [5, 5.41) is 0. The lowest BCUT2D eigenvalue weighted by molar-refractivity contribution is 0.287. The third-order valence-corrected chi connectivity index (χ3v) is 6.16. The zero-order valence-corrected chi connectivity index (χ0v) is 19.2. The van der Waals surface area contributed by atoms with Crippen LogP contribution in [0.25, 0.3) is 0 Å². The molecule has 0 aromatic rings. The van der Waals surface area contributed by atoms with Gasteiger partial charge in [0.05, 0.1) is 0 Å². The molecule has 0 saturated carbocycles. The van der Waals surface area contributed by atoms with Crippen LogP contribution in [-0.2, 0) is 0 Å². The Labute approximate surface area is 167 Å². The van der Waals surface area contributed by atoms with E-state index in [0.717, 1.165) is 5.92 Å². The molecule has 0 bridgehead atoms. The summed E-state index contributed by atoms with van der Waals surface area (Å²) in [4.78, 5) is 2.57. The summed E-state index contributed by atoms with van der Waals surface area (Å²) >= 11 is 0. The number of nitrogens with zero attached hydrogens (tertiary/aromatic N) is 1. The van der Waals surface area contributed by atoms with Crippen LogP contribution >= 0.6 is 0 Å². The molecule has 0 heterocycles. The van der Waals surface area contributed by atoms with Gasteiger partial charge in [-0.1, -0.05) is 130 Å². The van der Waals surface area contributed by atoms with Gasteiger partial charge in [-0.3, -0.25) is 0 Å². The predicted molar refractivity (Wildman–Crippen MR) is 121 cm³/mol. The maximum atomic E-state index is 2.57. The SMILES string of the molecule is CCCCCCCCCCCCC(CCCC)CCCCN(CC)CC. The van der Waals surface area contributed by atoms with E-state index in [2.05, 4.69) is 32.6 Å². The third kappa shape index (κ3) is 17.4. The molecule has 1 heteroatoms. The maximum Gasteiger partial charge on any atom is -0.00190 e. The highest BCUT2D eigenvalue weighted by atomic mass is 15.1. The topological polar surface area (TPSA) is 3.24 Å². The Morgan fingerprint density at radius 3 is 1.38 bits per heavy atom. The van der Waals surface area contributed by atoms with Crippen molar-refractivity contribution < 1.29 is 0 Å². The molecule has 0 aliphatic rings. The van der Waals surface area contributed by atoms with Gasteiger partial charge in [-0.05, 0) is 32.0 Å². The minimum atomic E-state index is 1.01. The van der Waals surface area contributed by atoms with Crippen molar-refractivity contribution in [2.24, 2.45) is 5.92 Å². The maximum absolute atomic E-state index is 2.57. The molecule has 1 atom stereocenters. The Balaban J connectivity index is 3.64. The Morgan fingerprint density at radius 1 is 0.462 bits per heavy atom. The van der Waals surface area contributed by atoms with Crippen molar-refractivity contribution in [3.63, 3.8) is 0 Å². The Bertz CT molecular complexity index is 247. The standard InChI is InChI=1S/C25H53N/c1-5-9-11-12-13-14-15-16-17-18-22-25(21-10-6-2)23-19-20-24-26(7-3)8-4/h25H,5-24H2,1-4H3. The van der Waals surface area contributed by atoms with Crippen LogP contribution in [-0.4, -0.2) is 24.5 Å². The van der Waals surface area contributed by atoms with Gasteiger partial charge in [0.15, 0.2) is 0 Å². The van der Waals surface area contributed by atoms with E-state index >= 15 is 0 Å². The lowest BCUT2D eigenvalue weighted by Gasteiger charge is -2.20. The van der Waals surface area contributed by atoms with Crippen LogP contribution in [0.5, 0.6) is 0 Å². The van der Waals surface area contributed by atoms with Gasteiger partial charge in [0.1, 0.15) is 0 Å². The summed E-state index contributed by atoms with van der Waals surface area (Å²) in [6.45, 7) is 13.0. The highest BCUT2D eigenvalue weighted by molar-refractivity contribution is 4.62. The zero-order valence-electron chi connectivity index (χ0n) is 19.2. The molecule has 0 aromatic heterocycles. The fourth-order valence-electron chi connectivity index (χ4n) is 4.15. The first-order valence-corrected chi connectivity index (χ1v) is 12.5. The smallest absolute Gasteiger partial charge is 0.00190 e. The van der Waals surface area contributed by atoms with Crippen LogP contribution in [0.15, 0.2) is 0 Å². The first kappa shape index (κ1) is 26.0. The lowest BCUT2D eigenvalue weighted by Crippen LogP contribution is -2.24. The van der Waals surface area contributed by atoms with Gasteiger partial charge in [0.25, 0.3) is 0 Å². The van der Waals surface area contributed by atoms with E-state index in [1.807, 2.05) is 0 Å². The van der Waals surface area contributed by atoms with Gasteiger partial charge in [0, 0.05) is 0 Å². The van der Waals surface area contributed by atoms with E-state index in [4.69, 9.17) is 0 Å². The fraction of sp³-hybridized carbons (Fsp3) is 1.00. The number of rotatable bonds is 21. The molecule has 0 N–H and O–H groups in total. The summed E-state index contributed by atoms with van der Waals surface area (Å²) in [5.41, 5.74) is 0. The summed E-state index contributed by atoms with van der Waals surface area (Å²) in [6.07, 6.45) is 24.8. The van der Waals surface area contributed by atoms with Crippen molar-refractivity contribution in [1.29, 1.82) is 0 Å². The average molecular weight is 368 g/mol. The van der Waals surface area contributed by atoms with E-state index in [0.29, 0.717) is 0 Å². The summed E-state index contributed by atoms with van der Waals surface area (Å²) in [5.74, 6) is 1.01. The molecule has 0 radical (unpaired) electrons. The molecule has 0 aliphatic heterocycles. The number of hydrogen-bond acceptors (Lipinski definition) is 1. The van der Waals surface area contributed by atoms with E-state index in [1.165, 1.54) is 129 Å². The van der Waals surface area contributed by atoms with Gasteiger partial charge in [-0.25, -0.2) is 0 Å². The molecule has 158 valence electrons. The Kier molecular flexibility index (Phi) is 21.2. The molecule has 0 rings (SSSR count). The molecule has 0 saturated heterocycles. The van der Waals surface area contributed by atoms with E-state index in [1.54, 1.807) is 0 Å². The van der Waals surface area contributed by atoms with Gasteiger partial charge in [-0.2, -0.15) is 0 Å². The minimum absolute atomic E-state index is 1.01. The van der Waals surface area contributed by atoms with Crippen LogP contribution in [0.4, 0.5) is 0 Å². The Morgan fingerprint density at radius 2 is 0.885 bits per heavy atom. The highest BCUT2D eigenvalue weighted by Gasteiger charge is 2.08. The molecule has 0 aromatic carbocycles. The predicted octanol–water partition coefficient (Wildman–Crippen LogP) is 8.62. The first-order chi connectivity index (χ1) is 12.8. The monoisotopic (exact) mass is 367 g/mol. The van der Waals surface area contributed by atoms with Crippen molar-refractivity contribution in [2.45, 2.75) is 137 Å². The fourth-order valence-corrected chi connectivity index (χ4v) is 4.15. The van der Waals surface area contributed by atoms with Gasteiger partial charge in [0.2, 0.25) is 0 Å². The molecule has 0 fully saturated rings. The van der Waals surface area contributed by atoms with Gasteiger partial charge in [-0.15, -0.1) is 0 Å². The molecular weight excluding hydrogens is 314 g/mol. The lowest BCUT2D eigenvalue weighted by atomic mass is 9.90. The zero-order chi connectivity index (χ0) is 19.3. The molecule has 0 aliphatic carbocycles. The van der Waals surface area contributed by atoms with E-state index in [-0.39, 0.29) is 0 Å². The second kappa shape index (κ2) is 21.3. The van der Waals surface area contributed by atoms with Crippen molar-refractivity contribution in [3.8, 4) is 0 Å². The van der Waals surface area contributed by atoms with E-state index < -0.39 is 0 Å². The quantitative estimate of drug-likeness (QED) is 0.183. The van der Waals surface area contributed by atoms with Gasteiger partial charge >= 0.3 is 0 Å². The summed E-state index contributed by atoms with van der Waals surface area (Å²) < 4.78 is 0. The largest absolute Gasteiger partial charge is 0.304 e. The first-order valence-electron chi connectivity index (χ1n) is 12.5. The van der Waals surface area contributed by atoms with Crippen LogP contribution in [0, 0.1) is 5.92 Å². The van der Waals surface area contributed by atoms with Crippen LogP contribution in [0.2, 0.25) is 0 Å². The second-order valence-corrected chi connectivity index (χ2v) is 8.50. The molecule has 0 amide bonds. The molecule has 26 heavy (non-hydrogen) atoms. The summed E-state index contributed by atoms with van der Waals surface area (Å²) in [7, 11) is 0. The van der Waals surface area contributed by atoms with Crippen molar-refractivity contribution in [1.82, 2.24) is 4.90 Å². The minimum Gasteiger partial charge on any atom is -0.304 e. The molecule has 1 nitrogen and oxygen atoms in total. The molecule has 1 unspecified atom stereocenters. The van der Waals surface area contributed by atoms with Crippen molar-refractivity contribution in [2.75, 3.05) is 19.6 Å². The molecule has 0 spiro atoms. The second-order valence-electron chi connectivity index (χ2n) is 8.50. The highest BCUT2D eigenvalue weighted by Crippen LogP contribution is 2.23. The van der Waals surface area contributed by atoms with Crippen LogP contribution in [0.1, 0.15) is 137 Å². The normalized spacial score (nSPS) is 12.8. The van der Waals surface area contributed by atoms with Crippen molar-refractivity contribution in [3.05, 3.63) is 0 Å². The number of hydrogen-bond donors (Lipinski definition) is 0. The molecular formula is C25H53N. The van der Waals surface area contributed by atoms with Crippen molar-refractivity contribution >= 4 is 0 Å². The Hall–Kier alpha value is -0.0400. The van der Waals surface area contributed by atoms with E-state index in [9.17, 15) is 0 Å². The van der Waals surface area contributed by atoms with Crippen LogP contribution < -0.4 is 0 Å². The van der Waals surface area contributed by atoms with Gasteiger partial charge < -0.3 is 4.90 Å².